The van der Waals surface area contributed by atoms with Crippen molar-refractivity contribution in [3.05, 3.63) is 63.3 Å². The predicted octanol–water partition coefficient (Wildman–Crippen LogP) is 4.39. The van der Waals surface area contributed by atoms with Gasteiger partial charge in [0.25, 0.3) is 0 Å². The van der Waals surface area contributed by atoms with E-state index in [1.807, 2.05) is 0 Å². The zero-order valence-corrected chi connectivity index (χ0v) is 12.2. The molecule has 2 aromatic carbocycles. The lowest BCUT2D eigenvalue weighted by molar-refractivity contribution is 0.276. The molecule has 0 saturated heterocycles. The van der Waals surface area contributed by atoms with Gasteiger partial charge in [0.1, 0.15) is 5.82 Å². The van der Waals surface area contributed by atoms with E-state index in [1.165, 1.54) is 6.07 Å². The summed E-state index contributed by atoms with van der Waals surface area (Å²) >= 11 is 9.27. The van der Waals surface area contributed by atoms with Gasteiger partial charge in [0.15, 0.2) is 0 Å². The molecule has 19 heavy (non-hydrogen) atoms. The molecule has 0 aliphatic carbocycles. The van der Waals surface area contributed by atoms with Gasteiger partial charge in [-0.25, -0.2) is 4.39 Å². The van der Waals surface area contributed by atoms with Crippen molar-refractivity contribution < 1.29 is 9.50 Å². The lowest BCUT2D eigenvalue weighted by atomic mass is 10.1. The Labute approximate surface area is 124 Å². The second-order valence-electron chi connectivity index (χ2n) is 4.03. The summed E-state index contributed by atoms with van der Waals surface area (Å²) in [5, 5.41) is 13.1. The first-order valence-electron chi connectivity index (χ1n) is 5.68. The maximum Gasteiger partial charge on any atom is 0.146 e. The summed E-state index contributed by atoms with van der Waals surface area (Å²) in [5.74, 6) is -0.356. The van der Waals surface area contributed by atoms with Crippen molar-refractivity contribution in [2.75, 3.05) is 11.9 Å². The van der Waals surface area contributed by atoms with Gasteiger partial charge in [0.05, 0.1) is 18.3 Å². The molecule has 0 fully saturated rings. The second kappa shape index (κ2) is 6.37. The Morgan fingerprint density at radius 3 is 2.63 bits per heavy atom. The molecule has 2 N–H and O–H groups in total. The third-order valence-electron chi connectivity index (χ3n) is 2.72. The summed E-state index contributed by atoms with van der Waals surface area (Å²) in [6, 6.07) is 11.2. The average molecular weight is 345 g/mol. The van der Waals surface area contributed by atoms with E-state index in [1.54, 1.807) is 36.4 Å². The van der Waals surface area contributed by atoms with Crippen molar-refractivity contribution in [3.8, 4) is 0 Å². The van der Waals surface area contributed by atoms with Gasteiger partial charge in [-0.3, -0.25) is 0 Å². The standard InChI is InChI=1S/C14H12BrClFNO/c15-11-7-9(16)5-6-10(11)14(8-19)18-13-4-2-1-3-12(13)17/h1-7,14,18-19H,8H2. The molecule has 0 spiro atoms. The molecule has 2 aromatic rings. The SMILES string of the molecule is OCC(Nc1ccccc1F)c1ccc(Cl)cc1Br. The molecule has 0 saturated carbocycles. The van der Waals surface area contributed by atoms with E-state index in [0.29, 0.717) is 10.7 Å². The van der Waals surface area contributed by atoms with Crippen LogP contribution < -0.4 is 5.32 Å². The van der Waals surface area contributed by atoms with Crippen molar-refractivity contribution >= 4 is 33.2 Å². The summed E-state index contributed by atoms with van der Waals surface area (Å²) in [7, 11) is 0. The Hall–Kier alpha value is -1.10. The molecule has 0 aliphatic heterocycles. The monoisotopic (exact) mass is 343 g/mol. The molecular weight excluding hydrogens is 333 g/mol. The first-order valence-corrected chi connectivity index (χ1v) is 6.86. The Balaban J connectivity index is 2.28. The van der Waals surface area contributed by atoms with Crippen molar-refractivity contribution in [3.63, 3.8) is 0 Å². The zero-order valence-electron chi connectivity index (χ0n) is 9.91. The van der Waals surface area contributed by atoms with Gasteiger partial charge in [-0.15, -0.1) is 0 Å². The minimum Gasteiger partial charge on any atom is -0.394 e. The van der Waals surface area contributed by atoms with Crippen LogP contribution in [0.5, 0.6) is 0 Å². The molecule has 5 heteroatoms. The second-order valence-corrected chi connectivity index (χ2v) is 5.32. The predicted molar refractivity (Wildman–Crippen MR) is 79.0 cm³/mol. The highest BCUT2D eigenvalue weighted by atomic mass is 79.9. The van der Waals surface area contributed by atoms with Crippen LogP contribution in [0.2, 0.25) is 5.02 Å². The van der Waals surface area contributed by atoms with Crippen molar-refractivity contribution in [2.45, 2.75) is 6.04 Å². The number of halogens is 3. The fraction of sp³-hybridized carbons (Fsp3) is 0.143. The van der Waals surface area contributed by atoms with Gasteiger partial charge in [0.2, 0.25) is 0 Å². The molecule has 0 aromatic heterocycles. The largest absolute Gasteiger partial charge is 0.394 e. The van der Waals surface area contributed by atoms with E-state index < -0.39 is 6.04 Å². The highest BCUT2D eigenvalue weighted by Gasteiger charge is 2.15. The number of rotatable bonds is 4. The van der Waals surface area contributed by atoms with Crippen LogP contribution in [-0.2, 0) is 0 Å². The summed E-state index contributed by atoms with van der Waals surface area (Å²) in [5.41, 5.74) is 1.17. The molecule has 0 amide bonds. The van der Waals surface area contributed by atoms with Crippen LogP contribution in [-0.4, -0.2) is 11.7 Å². The van der Waals surface area contributed by atoms with Crippen molar-refractivity contribution in [1.82, 2.24) is 0 Å². The molecule has 1 atom stereocenters. The first kappa shape index (κ1) is 14.3. The summed E-state index contributed by atoms with van der Waals surface area (Å²) < 4.78 is 14.4. The number of anilines is 1. The number of aliphatic hydroxyl groups is 1. The minimum absolute atomic E-state index is 0.158. The van der Waals surface area contributed by atoms with Crippen LogP contribution in [0, 0.1) is 5.82 Å². The highest BCUT2D eigenvalue weighted by Crippen LogP contribution is 2.29. The van der Waals surface area contributed by atoms with Gasteiger partial charge < -0.3 is 10.4 Å². The van der Waals surface area contributed by atoms with Gasteiger partial charge in [-0.1, -0.05) is 45.7 Å². The van der Waals surface area contributed by atoms with E-state index >= 15 is 0 Å². The lowest BCUT2D eigenvalue weighted by Gasteiger charge is -2.20. The Morgan fingerprint density at radius 1 is 1.26 bits per heavy atom. The maximum absolute atomic E-state index is 13.6. The number of aliphatic hydroxyl groups excluding tert-OH is 1. The van der Waals surface area contributed by atoms with Crippen LogP contribution >= 0.6 is 27.5 Å². The molecule has 0 radical (unpaired) electrons. The molecule has 0 bridgehead atoms. The van der Waals surface area contributed by atoms with Crippen LogP contribution in [0.1, 0.15) is 11.6 Å². The Morgan fingerprint density at radius 2 is 2.00 bits per heavy atom. The van der Waals surface area contributed by atoms with E-state index in [-0.39, 0.29) is 12.4 Å². The number of nitrogens with one attached hydrogen (secondary N) is 1. The fourth-order valence-corrected chi connectivity index (χ4v) is 2.73. The topological polar surface area (TPSA) is 32.3 Å². The van der Waals surface area contributed by atoms with Crippen LogP contribution in [0.15, 0.2) is 46.9 Å². The smallest absolute Gasteiger partial charge is 0.146 e. The van der Waals surface area contributed by atoms with Crippen molar-refractivity contribution in [1.29, 1.82) is 0 Å². The normalized spacial score (nSPS) is 12.2. The van der Waals surface area contributed by atoms with Crippen LogP contribution in [0.3, 0.4) is 0 Å². The fourth-order valence-electron chi connectivity index (χ4n) is 1.77. The number of benzene rings is 2. The van der Waals surface area contributed by atoms with E-state index in [0.717, 1.165) is 10.0 Å². The molecule has 2 rings (SSSR count). The van der Waals surface area contributed by atoms with Gasteiger partial charge in [-0.2, -0.15) is 0 Å². The molecule has 2 nitrogen and oxygen atoms in total. The first-order chi connectivity index (χ1) is 9.11. The summed E-state index contributed by atoms with van der Waals surface area (Å²) in [6.07, 6.45) is 0. The van der Waals surface area contributed by atoms with E-state index in [4.69, 9.17) is 11.6 Å². The molecular formula is C14H12BrClFNO. The molecule has 0 aliphatic rings. The number of hydrogen-bond donors (Lipinski definition) is 2. The Kier molecular flexibility index (Phi) is 4.80. The maximum atomic E-state index is 13.6. The number of para-hydroxylation sites is 1. The summed E-state index contributed by atoms with van der Waals surface area (Å²) in [6.45, 7) is -0.158. The van der Waals surface area contributed by atoms with Gasteiger partial charge in [-0.05, 0) is 29.8 Å². The van der Waals surface area contributed by atoms with E-state index in [9.17, 15) is 9.50 Å². The zero-order chi connectivity index (χ0) is 13.8. The van der Waals surface area contributed by atoms with Gasteiger partial charge >= 0.3 is 0 Å². The van der Waals surface area contributed by atoms with Crippen LogP contribution in [0.25, 0.3) is 0 Å². The average Bonchev–Trinajstić information content (AvgIpc) is 2.39. The van der Waals surface area contributed by atoms with E-state index in [2.05, 4.69) is 21.2 Å². The lowest BCUT2D eigenvalue weighted by Crippen LogP contribution is -2.16. The number of hydrogen-bond acceptors (Lipinski definition) is 2. The molecule has 0 heterocycles. The van der Waals surface area contributed by atoms with Crippen LogP contribution in [0.4, 0.5) is 10.1 Å². The minimum atomic E-state index is -0.413. The molecule has 100 valence electrons. The third-order valence-corrected chi connectivity index (χ3v) is 3.65. The third kappa shape index (κ3) is 3.47. The van der Waals surface area contributed by atoms with Gasteiger partial charge in [0, 0.05) is 9.50 Å². The quantitative estimate of drug-likeness (QED) is 0.862. The Bertz CT molecular complexity index is 579. The highest BCUT2D eigenvalue weighted by molar-refractivity contribution is 9.10. The van der Waals surface area contributed by atoms with Crippen molar-refractivity contribution in [2.24, 2.45) is 0 Å². The summed E-state index contributed by atoms with van der Waals surface area (Å²) in [4.78, 5) is 0. The molecule has 1 unspecified atom stereocenters.